The third-order valence-corrected chi connectivity index (χ3v) is 4.90. The predicted molar refractivity (Wildman–Crippen MR) is 106 cm³/mol. The van der Waals surface area contributed by atoms with Gasteiger partial charge in [-0.3, -0.25) is 19.9 Å². The maximum absolute atomic E-state index is 12.9. The van der Waals surface area contributed by atoms with Gasteiger partial charge >= 0.3 is 6.03 Å². The lowest BCUT2D eigenvalue weighted by Gasteiger charge is -2.34. The molecule has 7 nitrogen and oxygen atoms in total. The molecule has 4 rings (SSSR count). The normalized spacial score (nSPS) is 14.6. The molecule has 0 atom stereocenters. The average Bonchev–Trinajstić information content (AvgIpc) is 3.09. The number of imide groups is 1. The smallest absolute Gasteiger partial charge is 0.350 e. The van der Waals surface area contributed by atoms with Crippen LogP contribution in [-0.2, 0) is 4.79 Å². The van der Waals surface area contributed by atoms with Gasteiger partial charge in [0, 0.05) is 34.6 Å². The number of rotatable bonds is 3. The molecule has 1 aliphatic heterocycles. The number of fused-ring (bicyclic) bond motifs is 1. The van der Waals surface area contributed by atoms with Crippen molar-refractivity contribution >= 4 is 46.0 Å². The lowest BCUT2D eigenvalue weighted by atomic mass is 10.1. The standard InChI is InChI=1S/C20H17ClN4O3/c1-12-4-2-3-5-17(12)24-9-8-18(26)25(20(24)28)23-19(27)16-11-13-10-14(21)6-7-15(13)22-16/h2-7,10-11,22H,8-9H2,1H3,(H,23,27). The number of nitrogens with one attached hydrogen (secondary N) is 2. The topological polar surface area (TPSA) is 85.5 Å². The number of nitrogens with zero attached hydrogens (tertiary/aromatic N) is 2. The molecular formula is C20H17ClN4O3. The van der Waals surface area contributed by atoms with Crippen molar-refractivity contribution in [2.45, 2.75) is 13.3 Å². The minimum Gasteiger partial charge on any atom is -0.350 e. The van der Waals surface area contributed by atoms with Gasteiger partial charge in [-0.1, -0.05) is 29.8 Å². The first kappa shape index (κ1) is 18.1. The summed E-state index contributed by atoms with van der Waals surface area (Å²) in [6.07, 6.45) is 0.114. The van der Waals surface area contributed by atoms with Gasteiger partial charge in [-0.25, -0.2) is 4.79 Å². The Kier molecular flexibility index (Phi) is 4.52. The number of para-hydroxylation sites is 1. The minimum atomic E-state index is -0.585. The number of halogens is 1. The fourth-order valence-electron chi connectivity index (χ4n) is 3.23. The Bertz CT molecular complexity index is 1110. The fourth-order valence-corrected chi connectivity index (χ4v) is 3.41. The molecular weight excluding hydrogens is 380 g/mol. The molecule has 1 saturated heterocycles. The van der Waals surface area contributed by atoms with Crippen molar-refractivity contribution in [3.8, 4) is 0 Å². The maximum Gasteiger partial charge on any atom is 0.350 e. The molecule has 2 heterocycles. The van der Waals surface area contributed by atoms with Gasteiger partial charge in [0.15, 0.2) is 0 Å². The van der Waals surface area contributed by atoms with Crippen molar-refractivity contribution in [2.24, 2.45) is 0 Å². The molecule has 8 heteroatoms. The highest BCUT2D eigenvalue weighted by Crippen LogP contribution is 2.24. The van der Waals surface area contributed by atoms with Gasteiger partial charge in [-0.15, -0.1) is 0 Å². The number of amides is 4. The molecule has 0 unspecified atom stereocenters. The molecule has 0 spiro atoms. The number of hydrazine groups is 1. The molecule has 142 valence electrons. The molecule has 2 N–H and O–H groups in total. The number of anilines is 1. The van der Waals surface area contributed by atoms with Crippen LogP contribution in [0.4, 0.5) is 10.5 Å². The van der Waals surface area contributed by atoms with Crippen molar-refractivity contribution in [1.29, 1.82) is 0 Å². The van der Waals surface area contributed by atoms with E-state index < -0.39 is 17.8 Å². The van der Waals surface area contributed by atoms with E-state index in [0.717, 1.165) is 21.5 Å². The lowest BCUT2D eigenvalue weighted by molar-refractivity contribution is -0.130. The number of hydrogen-bond donors (Lipinski definition) is 2. The van der Waals surface area contributed by atoms with E-state index in [1.165, 1.54) is 4.90 Å². The van der Waals surface area contributed by atoms with Gasteiger partial charge in [0.25, 0.3) is 11.8 Å². The van der Waals surface area contributed by atoms with Crippen LogP contribution in [0.5, 0.6) is 0 Å². The average molecular weight is 397 g/mol. The van der Waals surface area contributed by atoms with E-state index >= 15 is 0 Å². The van der Waals surface area contributed by atoms with Crippen LogP contribution in [-0.4, -0.2) is 34.4 Å². The number of carbonyl (C=O) groups is 3. The minimum absolute atomic E-state index is 0.114. The van der Waals surface area contributed by atoms with Crippen LogP contribution in [0, 0.1) is 6.92 Å². The van der Waals surface area contributed by atoms with Gasteiger partial charge in [0.05, 0.1) is 0 Å². The number of H-pyrrole nitrogens is 1. The largest absolute Gasteiger partial charge is 0.350 e. The summed E-state index contributed by atoms with van der Waals surface area (Å²) in [5.74, 6) is -1.04. The zero-order chi connectivity index (χ0) is 19.8. The van der Waals surface area contributed by atoms with E-state index in [4.69, 9.17) is 11.6 Å². The number of hydrogen-bond acceptors (Lipinski definition) is 3. The summed E-state index contributed by atoms with van der Waals surface area (Å²) in [6.45, 7) is 2.15. The molecule has 3 aromatic rings. The Hall–Kier alpha value is -3.32. The van der Waals surface area contributed by atoms with E-state index in [9.17, 15) is 14.4 Å². The SMILES string of the molecule is Cc1ccccc1N1CCC(=O)N(NC(=O)c2cc3cc(Cl)ccc3[nH]2)C1=O. The molecule has 0 aliphatic carbocycles. The number of benzene rings is 2. The Labute approximate surface area is 165 Å². The van der Waals surface area contributed by atoms with Gasteiger partial charge in [-0.2, -0.15) is 5.01 Å². The number of aryl methyl sites for hydroxylation is 1. The van der Waals surface area contributed by atoms with Crippen molar-refractivity contribution in [3.05, 3.63) is 64.8 Å². The summed E-state index contributed by atoms with van der Waals surface area (Å²) >= 11 is 5.97. The second kappa shape index (κ2) is 7.01. The van der Waals surface area contributed by atoms with Crippen molar-refractivity contribution in [1.82, 2.24) is 15.4 Å². The van der Waals surface area contributed by atoms with Crippen LogP contribution >= 0.6 is 11.6 Å². The number of carbonyl (C=O) groups excluding carboxylic acids is 3. The molecule has 1 fully saturated rings. The Morgan fingerprint density at radius 3 is 2.71 bits per heavy atom. The van der Waals surface area contributed by atoms with Crippen LogP contribution in [0.1, 0.15) is 22.5 Å². The van der Waals surface area contributed by atoms with E-state index in [0.29, 0.717) is 10.7 Å². The lowest BCUT2D eigenvalue weighted by Crippen LogP contribution is -2.59. The molecule has 28 heavy (non-hydrogen) atoms. The molecule has 0 bridgehead atoms. The van der Waals surface area contributed by atoms with Crippen LogP contribution in [0.15, 0.2) is 48.5 Å². The highest BCUT2D eigenvalue weighted by atomic mass is 35.5. The summed E-state index contributed by atoms with van der Waals surface area (Å²) in [5, 5.41) is 2.08. The van der Waals surface area contributed by atoms with Crippen molar-refractivity contribution in [2.75, 3.05) is 11.4 Å². The molecule has 1 aromatic heterocycles. The van der Waals surface area contributed by atoms with E-state index in [1.807, 2.05) is 31.2 Å². The Morgan fingerprint density at radius 2 is 1.93 bits per heavy atom. The van der Waals surface area contributed by atoms with Crippen LogP contribution in [0.3, 0.4) is 0 Å². The molecule has 1 aliphatic rings. The summed E-state index contributed by atoms with van der Waals surface area (Å²) in [4.78, 5) is 42.2. The van der Waals surface area contributed by atoms with Crippen LogP contribution < -0.4 is 10.3 Å². The van der Waals surface area contributed by atoms with Gasteiger partial charge in [0.1, 0.15) is 5.69 Å². The first-order valence-corrected chi connectivity index (χ1v) is 9.11. The summed E-state index contributed by atoms with van der Waals surface area (Å²) < 4.78 is 0. The van der Waals surface area contributed by atoms with Crippen LogP contribution in [0.25, 0.3) is 10.9 Å². The first-order chi connectivity index (χ1) is 13.4. The number of urea groups is 1. The second-order valence-electron chi connectivity index (χ2n) is 6.56. The number of aromatic nitrogens is 1. The zero-order valence-electron chi connectivity index (χ0n) is 15.0. The van der Waals surface area contributed by atoms with Crippen molar-refractivity contribution < 1.29 is 14.4 Å². The molecule has 0 radical (unpaired) electrons. The monoisotopic (exact) mass is 396 g/mol. The highest BCUT2D eigenvalue weighted by Gasteiger charge is 2.35. The summed E-state index contributed by atoms with van der Waals surface area (Å²) in [6, 6.07) is 13.6. The third-order valence-electron chi connectivity index (χ3n) is 4.67. The highest BCUT2D eigenvalue weighted by molar-refractivity contribution is 6.31. The summed E-state index contributed by atoms with van der Waals surface area (Å²) in [5.41, 5.74) is 4.99. The second-order valence-corrected chi connectivity index (χ2v) is 6.99. The van der Waals surface area contributed by atoms with Gasteiger partial charge in [-0.05, 0) is 42.8 Å². The van der Waals surface area contributed by atoms with Gasteiger partial charge in [0.2, 0.25) is 0 Å². The van der Waals surface area contributed by atoms with E-state index in [1.54, 1.807) is 24.3 Å². The predicted octanol–water partition coefficient (Wildman–Crippen LogP) is 3.63. The third kappa shape index (κ3) is 3.20. The maximum atomic E-state index is 12.9. The quantitative estimate of drug-likeness (QED) is 0.708. The van der Waals surface area contributed by atoms with Crippen molar-refractivity contribution in [3.63, 3.8) is 0 Å². The van der Waals surface area contributed by atoms with E-state index in [2.05, 4.69) is 10.4 Å². The van der Waals surface area contributed by atoms with Crippen LogP contribution in [0.2, 0.25) is 5.02 Å². The molecule has 2 aromatic carbocycles. The Morgan fingerprint density at radius 1 is 1.14 bits per heavy atom. The zero-order valence-corrected chi connectivity index (χ0v) is 15.8. The molecule has 4 amide bonds. The summed E-state index contributed by atoms with van der Waals surface area (Å²) in [7, 11) is 0. The van der Waals surface area contributed by atoms with E-state index in [-0.39, 0.29) is 18.7 Å². The molecule has 0 saturated carbocycles. The Balaban J connectivity index is 1.58. The van der Waals surface area contributed by atoms with Gasteiger partial charge < -0.3 is 4.98 Å². The number of aromatic amines is 1. The first-order valence-electron chi connectivity index (χ1n) is 8.73. The fraction of sp³-hybridized carbons (Fsp3) is 0.150.